The molecule has 2 aromatic carbocycles. The number of benzene rings is 2. The fraction of sp³-hybridized carbons (Fsp3) is 0.269. The van der Waals surface area contributed by atoms with E-state index in [1.54, 1.807) is 54.8 Å². The van der Waals surface area contributed by atoms with Gasteiger partial charge in [0.2, 0.25) is 0 Å². The van der Waals surface area contributed by atoms with E-state index in [-0.39, 0.29) is 11.3 Å². The summed E-state index contributed by atoms with van der Waals surface area (Å²) in [5.41, 5.74) is 0.764. The molecule has 0 saturated carbocycles. The molecule has 2 heterocycles. The van der Waals surface area contributed by atoms with Gasteiger partial charge in [-0.15, -0.1) is 0 Å². The number of anilines is 2. The molecule has 2 N–H and O–H groups in total. The average Bonchev–Trinajstić information content (AvgIpc) is 2.91. The van der Waals surface area contributed by atoms with Gasteiger partial charge < -0.3 is 15.4 Å². The van der Waals surface area contributed by atoms with Crippen LogP contribution < -0.4 is 10.6 Å². The van der Waals surface area contributed by atoms with Crippen molar-refractivity contribution < 1.29 is 18.5 Å². The average molecular weight is 577 g/mol. The summed E-state index contributed by atoms with van der Waals surface area (Å²) in [4.78, 5) is 32.7. The van der Waals surface area contributed by atoms with Gasteiger partial charge in [0, 0.05) is 47.6 Å². The van der Waals surface area contributed by atoms with Crippen LogP contribution in [-0.4, -0.2) is 71.6 Å². The summed E-state index contributed by atoms with van der Waals surface area (Å²) in [5, 5.41) is 6.17. The molecule has 0 bridgehead atoms. The summed E-state index contributed by atoms with van der Waals surface area (Å²) in [5.74, 6) is -0.646. The predicted molar refractivity (Wildman–Crippen MR) is 150 cm³/mol. The van der Waals surface area contributed by atoms with E-state index < -0.39 is 21.5 Å². The number of hydrogen-bond donors (Lipinski definition) is 2. The molecule has 1 unspecified atom stereocenters. The standard InChI is InChI=1S/C26H27Cl2N5O4S/c1-38(36,30-10-11-33-12-14-37-15-13-33)21-6-2-18(3-7-21)25(34)31-23-8-4-19(27)16-22(23)26(35)32-24-9-5-20(28)17-29-24/h2-9,16-17H,10-15H2,1H3,(H,31,34)(H,29,32,35). The Morgan fingerprint density at radius 3 is 2.39 bits per heavy atom. The third-order valence-electron chi connectivity index (χ3n) is 5.85. The van der Waals surface area contributed by atoms with Crippen molar-refractivity contribution >= 4 is 56.3 Å². The van der Waals surface area contributed by atoms with Crippen LogP contribution >= 0.6 is 23.2 Å². The van der Waals surface area contributed by atoms with E-state index in [1.807, 2.05) is 0 Å². The van der Waals surface area contributed by atoms with E-state index in [4.69, 9.17) is 27.9 Å². The Kier molecular flexibility index (Phi) is 9.35. The first kappa shape index (κ1) is 28.0. The zero-order chi connectivity index (χ0) is 27.1. The largest absolute Gasteiger partial charge is 0.379 e. The van der Waals surface area contributed by atoms with E-state index in [0.29, 0.717) is 46.1 Å². The van der Waals surface area contributed by atoms with Crippen molar-refractivity contribution in [3.63, 3.8) is 0 Å². The Bertz CT molecular complexity index is 1420. The number of hydrogen-bond acceptors (Lipinski definition) is 7. The van der Waals surface area contributed by atoms with Gasteiger partial charge in [-0.1, -0.05) is 23.2 Å². The number of aromatic nitrogens is 1. The minimum absolute atomic E-state index is 0.162. The smallest absolute Gasteiger partial charge is 0.258 e. The number of morpholine rings is 1. The number of carbonyl (C=O) groups excluding carboxylic acids is 2. The molecule has 200 valence electrons. The van der Waals surface area contributed by atoms with Crippen molar-refractivity contribution in [3.05, 3.63) is 82.0 Å². The molecule has 1 atom stereocenters. The second-order valence-electron chi connectivity index (χ2n) is 8.59. The van der Waals surface area contributed by atoms with Crippen LogP contribution in [0.5, 0.6) is 0 Å². The lowest BCUT2D eigenvalue weighted by Crippen LogP contribution is -2.37. The second-order valence-corrected chi connectivity index (χ2v) is 11.8. The number of halogens is 2. The van der Waals surface area contributed by atoms with Crippen molar-refractivity contribution in [1.29, 1.82) is 0 Å². The molecule has 1 aromatic heterocycles. The van der Waals surface area contributed by atoms with Crippen LogP contribution in [0.3, 0.4) is 0 Å². The van der Waals surface area contributed by atoms with Crippen LogP contribution in [-0.2, 0) is 14.5 Å². The van der Waals surface area contributed by atoms with Gasteiger partial charge in [-0.25, -0.2) is 13.6 Å². The number of amides is 2. The lowest BCUT2D eigenvalue weighted by molar-refractivity contribution is 0.0395. The Morgan fingerprint density at radius 1 is 1.00 bits per heavy atom. The van der Waals surface area contributed by atoms with Gasteiger partial charge in [0.05, 0.1) is 45.8 Å². The van der Waals surface area contributed by atoms with Crippen LogP contribution in [0.2, 0.25) is 10.0 Å². The third-order valence-corrected chi connectivity index (χ3v) is 8.14. The molecule has 4 rings (SSSR count). The van der Waals surface area contributed by atoms with Crippen molar-refractivity contribution in [2.75, 3.05) is 56.3 Å². The van der Waals surface area contributed by atoms with Gasteiger partial charge in [0.15, 0.2) is 0 Å². The summed E-state index contributed by atoms with van der Waals surface area (Å²) in [6, 6.07) is 14.2. The van der Waals surface area contributed by atoms with E-state index >= 15 is 0 Å². The van der Waals surface area contributed by atoms with Crippen LogP contribution in [0, 0.1) is 0 Å². The van der Waals surface area contributed by atoms with Crippen LogP contribution in [0.15, 0.2) is 70.1 Å². The second kappa shape index (κ2) is 12.7. The molecule has 2 amide bonds. The topological polar surface area (TPSA) is 113 Å². The molecule has 12 heteroatoms. The number of carbonyl (C=O) groups is 2. The summed E-state index contributed by atoms with van der Waals surface area (Å²) in [6.45, 7) is 4.27. The quantitative estimate of drug-likeness (QED) is 0.403. The zero-order valence-electron chi connectivity index (χ0n) is 20.7. The maximum atomic E-state index is 13.1. The van der Waals surface area contributed by atoms with E-state index in [9.17, 15) is 13.8 Å². The highest BCUT2D eigenvalue weighted by atomic mass is 35.5. The molecule has 0 aliphatic carbocycles. The summed E-state index contributed by atoms with van der Waals surface area (Å²) >= 11 is 12.0. The number of ether oxygens (including phenoxy) is 1. The fourth-order valence-electron chi connectivity index (χ4n) is 3.76. The maximum absolute atomic E-state index is 13.1. The van der Waals surface area contributed by atoms with E-state index in [1.165, 1.54) is 12.3 Å². The first-order valence-corrected chi connectivity index (χ1v) is 14.5. The molecular weight excluding hydrogens is 549 g/mol. The lowest BCUT2D eigenvalue weighted by Gasteiger charge is -2.25. The first-order valence-electron chi connectivity index (χ1n) is 11.8. The monoisotopic (exact) mass is 575 g/mol. The molecule has 9 nitrogen and oxygen atoms in total. The molecule has 1 aliphatic heterocycles. The molecule has 0 spiro atoms. The van der Waals surface area contributed by atoms with E-state index in [0.717, 1.165) is 19.6 Å². The van der Waals surface area contributed by atoms with Gasteiger partial charge in [-0.05, 0) is 54.6 Å². The van der Waals surface area contributed by atoms with Gasteiger partial charge >= 0.3 is 0 Å². The molecule has 1 aliphatic rings. The third kappa shape index (κ3) is 7.52. The van der Waals surface area contributed by atoms with Gasteiger partial charge in [0.1, 0.15) is 5.82 Å². The first-order chi connectivity index (χ1) is 18.2. The Labute approximate surface area is 231 Å². The molecular formula is C26H27Cl2N5O4S. The van der Waals surface area contributed by atoms with Crippen LogP contribution in [0.25, 0.3) is 0 Å². The zero-order valence-corrected chi connectivity index (χ0v) is 23.0. The molecule has 3 aromatic rings. The maximum Gasteiger partial charge on any atom is 0.258 e. The van der Waals surface area contributed by atoms with Crippen LogP contribution in [0.1, 0.15) is 20.7 Å². The highest BCUT2D eigenvalue weighted by molar-refractivity contribution is 7.93. The number of rotatable bonds is 8. The summed E-state index contributed by atoms with van der Waals surface area (Å²) < 4.78 is 22.9. The highest BCUT2D eigenvalue weighted by Gasteiger charge is 2.17. The van der Waals surface area contributed by atoms with Crippen LogP contribution in [0.4, 0.5) is 11.5 Å². The molecule has 0 radical (unpaired) electrons. The van der Waals surface area contributed by atoms with Gasteiger partial charge in [-0.3, -0.25) is 14.5 Å². The Hall–Kier alpha value is -3.02. The molecule has 1 fully saturated rings. The Balaban J connectivity index is 1.43. The normalized spacial score (nSPS) is 15.3. The molecule has 1 saturated heterocycles. The number of nitrogens with one attached hydrogen (secondary N) is 2. The number of pyridine rings is 1. The highest BCUT2D eigenvalue weighted by Crippen LogP contribution is 2.23. The number of nitrogens with zero attached hydrogens (tertiary/aromatic N) is 3. The lowest BCUT2D eigenvalue weighted by atomic mass is 10.1. The molecule has 38 heavy (non-hydrogen) atoms. The van der Waals surface area contributed by atoms with Crippen molar-refractivity contribution in [1.82, 2.24) is 9.88 Å². The predicted octanol–water partition coefficient (Wildman–Crippen LogP) is 4.68. The summed E-state index contributed by atoms with van der Waals surface area (Å²) in [6.07, 6.45) is 3.00. The van der Waals surface area contributed by atoms with Crippen molar-refractivity contribution in [2.45, 2.75) is 4.90 Å². The van der Waals surface area contributed by atoms with E-state index in [2.05, 4.69) is 24.9 Å². The van der Waals surface area contributed by atoms with Crippen molar-refractivity contribution in [3.8, 4) is 0 Å². The fourth-order valence-corrected chi connectivity index (χ4v) is 5.26. The summed E-state index contributed by atoms with van der Waals surface area (Å²) in [7, 11) is -2.61. The minimum atomic E-state index is -2.61. The van der Waals surface area contributed by atoms with Gasteiger partial charge in [0.25, 0.3) is 11.8 Å². The SMILES string of the molecule is CS(=O)(=NCCN1CCOCC1)c1ccc(C(=O)Nc2ccc(Cl)cc2C(=O)Nc2ccc(Cl)cn2)cc1. The Morgan fingerprint density at radius 2 is 1.71 bits per heavy atom. The minimum Gasteiger partial charge on any atom is -0.379 e. The van der Waals surface area contributed by atoms with Crippen molar-refractivity contribution in [2.24, 2.45) is 4.36 Å². The van der Waals surface area contributed by atoms with Gasteiger partial charge in [-0.2, -0.15) is 0 Å².